The van der Waals surface area contributed by atoms with Crippen LogP contribution in [0.5, 0.6) is 11.5 Å². The van der Waals surface area contributed by atoms with Gasteiger partial charge in [0.1, 0.15) is 17.1 Å². The molecule has 0 radical (unpaired) electrons. The van der Waals surface area contributed by atoms with Crippen molar-refractivity contribution in [2.24, 2.45) is 0 Å². The van der Waals surface area contributed by atoms with Gasteiger partial charge in [-0.05, 0) is 76.1 Å². The fourth-order valence-corrected chi connectivity index (χ4v) is 6.35. The first-order valence-corrected chi connectivity index (χ1v) is 15.3. The normalized spacial score (nSPS) is 16.4. The molecule has 10 rings (SSSR count). The summed E-state index contributed by atoms with van der Waals surface area (Å²) in [6, 6.07) is 12.4. The van der Waals surface area contributed by atoms with Gasteiger partial charge in [0.05, 0.1) is 27.6 Å². The Balaban J connectivity index is 1.33. The van der Waals surface area contributed by atoms with Gasteiger partial charge in [0, 0.05) is 38.7 Å². The van der Waals surface area contributed by atoms with Crippen LogP contribution in [-0.4, -0.2) is 0 Å². The third kappa shape index (κ3) is 4.44. The molecular weight excluding hydrogens is 599 g/mol. The number of anilines is 3. The molecule has 1 aliphatic heterocycles. The molecule has 49 heavy (non-hydrogen) atoms. The fraction of sp³-hybridized carbons (Fsp3) is 0. The first-order valence-electron chi connectivity index (χ1n) is 23.3. The molecular formula is C46H29NO2. The van der Waals surface area contributed by atoms with Crippen molar-refractivity contribution in [2.75, 3.05) is 4.90 Å². The summed E-state index contributed by atoms with van der Waals surface area (Å²) in [7, 11) is 0. The van der Waals surface area contributed by atoms with Gasteiger partial charge in [-0.3, -0.25) is 0 Å². The second kappa shape index (κ2) is 11.0. The van der Waals surface area contributed by atoms with Gasteiger partial charge in [-0.2, -0.15) is 0 Å². The van der Waals surface area contributed by atoms with Crippen LogP contribution in [0.25, 0.3) is 66.1 Å². The summed E-state index contributed by atoms with van der Waals surface area (Å²) >= 11 is 0. The minimum absolute atomic E-state index is 0.0567. The van der Waals surface area contributed by atoms with Crippen molar-refractivity contribution < 1.29 is 31.1 Å². The Morgan fingerprint density at radius 3 is 2.10 bits per heavy atom. The second-order valence-corrected chi connectivity index (χ2v) is 11.3. The molecule has 0 saturated heterocycles. The number of hydrogen-bond acceptors (Lipinski definition) is 3. The highest BCUT2D eigenvalue weighted by Gasteiger charge is 2.25. The third-order valence-electron chi connectivity index (χ3n) is 8.55. The minimum Gasteiger partial charge on any atom is -0.455 e. The Hall–Kier alpha value is -6.58. The number of para-hydroxylation sites is 2. The molecule has 0 saturated carbocycles. The van der Waals surface area contributed by atoms with Gasteiger partial charge in [0.15, 0.2) is 5.58 Å². The number of benzene rings is 8. The smallest absolute Gasteiger partial charge is 0.159 e. The van der Waals surface area contributed by atoms with Crippen molar-refractivity contribution in [3.8, 4) is 44.9 Å². The lowest BCUT2D eigenvalue weighted by molar-refractivity contribution is 0.493. The van der Waals surface area contributed by atoms with Crippen LogP contribution in [0, 0.1) is 0 Å². The summed E-state index contributed by atoms with van der Waals surface area (Å²) in [4.78, 5) is 1.13. The van der Waals surface area contributed by atoms with Gasteiger partial charge in [0.2, 0.25) is 0 Å². The monoisotopic (exact) mass is 643 g/mol. The second-order valence-electron chi connectivity index (χ2n) is 11.3. The lowest BCUT2D eigenvalue weighted by Gasteiger charge is -2.27. The molecule has 2 heterocycles. The van der Waals surface area contributed by atoms with Crippen molar-refractivity contribution in [3.05, 3.63) is 176 Å². The topological polar surface area (TPSA) is 25.6 Å². The molecule has 0 atom stereocenters. The minimum atomic E-state index is -0.814. The molecule has 9 aromatic rings. The van der Waals surface area contributed by atoms with E-state index in [9.17, 15) is 6.85 Å². The summed E-state index contributed by atoms with van der Waals surface area (Å²) in [6.07, 6.45) is 0. The maximum absolute atomic E-state index is 9.56. The zero-order chi connectivity index (χ0) is 46.2. The molecule has 0 N–H and O–H groups in total. The quantitative estimate of drug-likeness (QED) is 0.191. The van der Waals surface area contributed by atoms with E-state index < -0.39 is 130 Å². The molecule has 0 fully saturated rings. The lowest BCUT2D eigenvalue weighted by atomic mass is 9.93. The number of hydrogen-bond donors (Lipinski definition) is 0. The predicted octanol–water partition coefficient (Wildman–Crippen LogP) is 13.3. The maximum atomic E-state index is 9.56. The van der Waals surface area contributed by atoms with E-state index in [0.29, 0.717) is 22.6 Å². The van der Waals surface area contributed by atoms with Crippen molar-refractivity contribution in [3.63, 3.8) is 0 Å². The predicted molar refractivity (Wildman–Crippen MR) is 202 cm³/mol. The largest absolute Gasteiger partial charge is 0.455 e. The summed E-state index contributed by atoms with van der Waals surface area (Å²) in [5.74, 6) is 0.947. The zero-order valence-electron chi connectivity index (χ0n) is 41.3. The molecule has 0 bridgehead atoms. The number of nitrogens with zero attached hydrogens (tertiary/aromatic N) is 1. The summed E-state index contributed by atoms with van der Waals surface area (Å²) in [5.41, 5.74) is -0.146. The fourth-order valence-electron chi connectivity index (χ4n) is 6.35. The van der Waals surface area contributed by atoms with Gasteiger partial charge in [0.25, 0.3) is 0 Å². The van der Waals surface area contributed by atoms with Gasteiger partial charge >= 0.3 is 0 Å². The highest BCUT2D eigenvalue weighted by atomic mass is 16.5. The van der Waals surface area contributed by atoms with Crippen LogP contribution < -0.4 is 9.64 Å². The van der Waals surface area contributed by atoms with Gasteiger partial charge in [-0.15, -0.1) is 0 Å². The van der Waals surface area contributed by atoms with Gasteiger partial charge in [-0.25, -0.2) is 0 Å². The highest BCUT2D eigenvalue weighted by molar-refractivity contribution is 6.10. The Bertz CT molecular complexity index is 3570. The van der Waals surface area contributed by atoms with E-state index in [2.05, 4.69) is 0 Å². The van der Waals surface area contributed by atoms with E-state index >= 15 is 0 Å². The molecule has 1 aromatic heterocycles. The summed E-state index contributed by atoms with van der Waals surface area (Å²) in [6.45, 7) is 0. The number of rotatable bonds is 4. The summed E-state index contributed by atoms with van der Waals surface area (Å²) in [5, 5.41) is 1.23. The Morgan fingerprint density at radius 1 is 0.490 bits per heavy atom. The average Bonchev–Trinajstić information content (AvgIpc) is 3.65. The van der Waals surface area contributed by atoms with Crippen LogP contribution >= 0.6 is 0 Å². The number of ether oxygens (including phenoxy) is 1. The number of furan rings is 1. The highest BCUT2D eigenvalue weighted by Crippen LogP contribution is 2.51. The lowest BCUT2D eigenvalue weighted by Crippen LogP contribution is -2.10. The zero-order valence-corrected chi connectivity index (χ0v) is 25.3. The Morgan fingerprint density at radius 2 is 1.22 bits per heavy atom. The van der Waals surface area contributed by atoms with Gasteiger partial charge in [-0.1, -0.05) is 127 Å². The summed E-state index contributed by atoms with van der Waals surface area (Å²) < 4.78 is 154. The first kappa shape index (κ1) is 16.0. The Kier molecular flexibility index (Phi) is 3.60. The SMILES string of the molecule is [2H]c1c([2H])c([2H])c(-c2c([2H])c([2H])c(N(c3ccc4c(c3)-c3ccccc3-c3ccc5ccccc5c3O4)c3c([2H])c([2H])c([2H])c4c3oc3c([2H])c([2H])c([2H])c([2H])c34)c([2H])c2[2H])c([2H])c1[2H]. The number of fused-ring (bicyclic) bond motifs is 10. The van der Waals surface area contributed by atoms with Crippen molar-refractivity contribution in [1.29, 1.82) is 0 Å². The van der Waals surface area contributed by atoms with E-state index in [1.165, 1.54) is 6.07 Å². The van der Waals surface area contributed by atoms with E-state index in [-0.39, 0.29) is 16.5 Å². The van der Waals surface area contributed by atoms with E-state index in [0.717, 1.165) is 26.8 Å². The first-order chi connectivity index (χ1) is 31.0. The van der Waals surface area contributed by atoms with Crippen LogP contribution in [0.2, 0.25) is 0 Å². The molecule has 230 valence electrons. The van der Waals surface area contributed by atoms with Crippen molar-refractivity contribution in [2.45, 2.75) is 0 Å². The standard InChI is InChI=1S/C46H29NO2/c1-2-11-30(12-3-1)31-21-24-33(25-22-31)47(42-19-10-18-39-38-17-8-9-20-43(38)49-46(39)42)34-26-28-44-41(29-34)37-16-7-6-15-36(37)40-27-23-32-13-4-5-14-35(32)45(40)48-44/h1-29H/i1D,2D,3D,8D,9D,10D,11D,12D,17D,18D,19D,20D,21D,22D,24D,25D. The van der Waals surface area contributed by atoms with Crippen LogP contribution in [-0.2, 0) is 0 Å². The molecule has 1 aliphatic rings. The maximum Gasteiger partial charge on any atom is 0.159 e. The van der Waals surface area contributed by atoms with E-state index in [4.69, 9.17) is 24.2 Å². The molecule has 0 amide bonds. The molecule has 3 heteroatoms. The molecule has 0 aliphatic carbocycles. The molecule has 0 spiro atoms. The van der Waals surface area contributed by atoms with Gasteiger partial charge < -0.3 is 14.1 Å². The average molecular weight is 644 g/mol. The molecule has 8 aromatic carbocycles. The van der Waals surface area contributed by atoms with Crippen LogP contribution in [0.3, 0.4) is 0 Å². The van der Waals surface area contributed by atoms with Crippen LogP contribution in [0.15, 0.2) is 180 Å². The molecule has 3 nitrogen and oxygen atoms in total. The van der Waals surface area contributed by atoms with Crippen molar-refractivity contribution >= 4 is 49.8 Å². The third-order valence-corrected chi connectivity index (χ3v) is 8.55. The van der Waals surface area contributed by atoms with Crippen LogP contribution in [0.4, 0.5) is 17.1 Å². The molecule has 0 unspecified atom stereocenters. The van der Waals surface area contributed by atoms with E-state index in [1.807, 2.05) is 60.7 Å². The Labute approximate surface area is 306 Å². The van der Waals surface area contributed by atoms with Crippen LogP contribution in [0.1, 0.15) is 21.9 Å². The van der Waals surface area contributed by atoms with E-state index in [1.54, 1.807) is 12.1 Å². The van der Waals surface area contributed by atoms with Crippen molar-refractivity contribution in [1.82, 2.24) is 0 Å².